The monoisotopic (exact) mass is 286 g/mol. The van der Waals surface area contributed by atoms with Crippen LogP contribution in [0.4, 0.5) is 0 Å². The first kappa shape index (κ1) is 14.9. The third kappa shape index (κ3) is 2.83. The van der Waals surface area contributed by atoms with Gasteiger partial charge in [0.2, 0.25) is 0 Å². The van der Waals surface area contributed by atoms with Crippen LogP contribution in [0.2, 0.25) is 0 Å². The van der Waals surface area contributed by atoms with Crippen molar-refractivity contribution >= 4 is 12.2 Å². The van der Waals surface area contributed by atoms with Crippen molar-refractivity contribution in [1.29, 1.82) is 0 Å². The zero-order valence-electron chi connectivity index (χ0n) is 13.1. The van der Waals surface area contributed by atoms with Crippen molar-refractivity contribution in [2.45, 2.75) is 47.0 Å². The smallest absolute Gasteiger partial charge is 0.133 e. The molecule has 2 rings (SSSR count). The lowest BCUT2D eigenvalue weighted by molar-refractivity contribution is 0.544. The van der Waals surface area contributed by atoms with Gasteiger partial charge in [0.1, 0.15) is 10.5 Å². The lowest BCUT2D eigenvalue weighted by atomic mass is 9.94. The molecule has 1 aromatic heterocycles. The Labute approximate surface area is 126 Å². The van der Waals surface area contributed by atoms with Gasteiger partial charge < -0.3 is 4.98 Å². The molecule has 0 aliphatic carbocycles. The van der Waals surface area contributed by atoms with Crippen molar-refractivity contribution in [2.24, 2.45) is 0 Å². The third-order valence-corrected chi connectivity index (χ3v) is 4.06. The van der Waals surface area contributed by atoms with Crippen LogP contribution in [0.15, 0.2) is 18.2 Å². The molecule has 20 heavy (non-hydrogen) atoms. The number of nitrogens with zero attached hydrogens (tertiary/aromatic N) is 1. The maximum atomic E-state index is 5.42. The van der Waals surface area contributed by atoms with E-state index in [0.717, 1.165) is 17.1 Å². The Morgan fingerprint density at radius 1 is 1.05 bits per heavy atom. The van der Waals surface area contributed by atoms with Crippen LogP contribution in [-0.2, 0) is 5.41 Å². The normalized spacial score (nSPS) is 11.7. The van der Waals surface area contributed by atoms with Gasteiger partial charge >= 0.3 is 0 Å². The van der Waals surface area contributed by atoms with Gasteiger partial charge in [-0.15, -0.1) is 0 Å². The predicted octanol–water partition coefficient (Wildman–Crippen LogP) is 5.03. The van der Waals surface area contributed by atoms with Crippen molar-refractivity contribution in [2.75, 3.05) is 0 Å². The minimum Gasteiger partial charge on any atom is -0.342 e. The molecule has 1 N–H and O–H groups in total. The van der Waals surface area contributed by atoms with Crippen molar-refractivity contribution in [3.05, 3.63) is 45.4 Å². The van der Waals surface area contributed by atoms with Crippen molar-refractivity contribution < 1.29 is 0 Å². The summed E-state index contributed by atoms with van der Waals surface area (Å²) in [6.07, 6.45) is 0. The highest BCUT2D eigenvalue weighted by molar-refractivity contribution is 7.71. The lowest BCUT2D eigenvalue weighted by Crippen LogP contribution is -2.17. The molecular weight excluding hydrogens is 264 g/mol. The second-order valence-electron chi connectivity index (χ2n) is 6.44. The zero-order chi connectivity index (χ0) is 15.1. The summed E-state index contributed by atoms with van der Waals surface area (Å²) >= 11 is 5.42. The van der Waals surface area contributed by atoms with Gasteiger partial charge in [0.15, 0.2) is 0 Å². The van der Waals surface area contributed by atoms with Gasteiger partial charge in [0.25, 0.3) is 0 Å². The van der Waals surface area contributed by atoms with Gasteiger partial charge in [-0.2, -0.15) is 0 Å². The van der Waals surface area contributed by atoms with Crippen LogP contribution in [0.5, 0.6) is 0 Å². The van der Waals surface area contributed by atoms with E-state index < -0.39 is 0 Å². The van der Waals surface area contributed by atoms with Crippen LogP contribution in [0.1, 0.15) is 43.3 Å². The first-order chi connectivity index (χ1) is 9.20. The molecule has 0 aliphatic rings. The largest absolute Gasteiger partial charge is 0.342 e. The molecule has 0 atom stereocenters. The second-order valence-corrected chi connectivity index (χ2v) is 6.83. The number of H-pyrrole nitrogens is 1. The number of rotatable bonds is 1. The van der Waals surface area contributed by atoms with E-state index in [1.165, 1.54) is 16.7 Å². The van der Waals surface area contributed by atoms with E-state index >= 15 is 0 Å². The summed E-state index contributed by atoms with van der Waals surface area (Å²) in [5.74, 6) is 0.932. The fourth-order valence-electron chi connectivity index (χ4n) is 2.07. The molecule has 1 aromatic carbocycles. The molecule has 106 valence electrons. The highest BCUT2D eigenvalue weighted by Crippen LogP contribution is 2.27. The van der Waals surface area contributed by atoms with Crippen LogP contribution < -0.4 is 0 Å². The summed E-state index contributed by atoms with van der Waals surface area (Å²) in [5, 5.41) is 0. The topological polar surface area (TPSA) is 28.7 Å². The number of hydrogen-bond acceptors (Lipinski definition) is 2. The van der Waals surface area contributed by atoms with E-state index in [2.05, 4.69) is 62.8 Å². The Kier molecular flexibility index (Phi) is 3.83. The Balaban J connectivity index is 2.70. The van der Waals surface area contributed by atoms with Crippen LogP contribution in [0, 0.1) is 25.4 Å². The molecule has 0 fully saturated rings. The Morgan fingerprint density at radius 3 is 2.25 bits per heavy atom. The maximum absolute atomic E-state index is 5.42. The van der Waals surface area contributed by atoms with E-state index in [1.54, 1.807) is 0 Å². The average molecular weight is 286 g/mol. The SMILES string of the molecule is Cc1ccc(-c2[nH]c(C(C)(C)C)nc(=S)c2C)cc1C. The fourth-order valence-corrected chi connectivity index (χ4v) is 2.27. The molecule has 3 heteroatoms. The molecule has 2 aromatic rings. The van der Waals surface area contributed by atoms with Gasteiger partial charge in [-0.25, -0.2) is 4.98 Å². The van der Waals surface area contributed by atoms with Crippen LogP contribution in [-0.4, -0.2) is 9.97 Å². The van der Waals surface area contributed by atoms with Crippen LogP contribution >= 0.6 is 12.2 Å². The minimum atomic E-state index is -0.0459. The summed E-state index contributed by atoms with van der Waals surface area (Å²) in [7, 11) is 0. The van der Waals surface area contributed by atoms with Gasteiger partial charge in [-0.3, -0.25) is 0 Å². The average Bonchev–Trinajstić information content (AvgIpc) is 2.34. The molecule has 0 saturated heterocycles. The Hall–Kier alpha value is -1.48. The summed E-state index contributed by atoms with van der Waals surface area (Å²) in [5.41, 5.74) is 5.83. The number of aromatic amines is 1. The quantitative estimate of drug-likeness (QED) is 0.745. The summed E-state index contributed by atoms with van der Waals surface area (Å²) in [6, 6.07) is 6.50. The van der Waals surface area contributed by atoms with E-state index in [0.29, 0.717) is 4.64 Å². The summed E-state index contributed by atoms with van der Waals surface area (Å²) < 4.78 is 0.682. The molecular formula is C17H22N2S. The Morgan fingerprint density at radius 2 is 1.70 bits per heavy atom. The van der Waals surface area contributed by atoms with Crippen LogP contribution in [0.3, 0.4) is 0 Å². The van der Waals surface area contributed by atoms with Gasteiger partial charge in [-0.1, -0.05) is 45.1 Å². The second kappa shape index (κ2) is 5.13. The van der Waals surface area contributed by atoms with Gasteiger partial charge in [0.05, 0.1) is 5.69 Å². The first-order valence-electron chi connectivity index (χ1n) is 6.89. The van der Waals surface area contributed by atoms with Crippen molar-refractivity contribution in [3.63, 3.8) is 0 Å². The number of nitrogens with one attached hydrogen (secondary N) is 1. The zero-order valence-corrected chi connectivity index (χ0v) is 13.9. The van der Waals surface area contributed by atoms with E-state index in [1.807, 2.05) is 6.92 Å². The molecule has 0 radical (unpaired) electrons. The molecule has 2 nitrogen and oxygen atoms in total. The fraction of sp³-hybridized carbons (Fsp3) is 0.412. The highest BCUT2D eigenvalue weighted by Gasteiger charge is 2.18. The maximum Gasteiger partial charge on any atom is 0.133 e. The molecule has 0 bridgehead atoms. The van der Waals surface area contributed by atoms with Crippen LogP contribution in [0.25, 0.3) is 11.3 Å². The molecule has 1 heterocycles. The van der Waals surface area contributed by atoms with E-state index in [4.69, 9.17) is 12.2 Å². The molecule has 0 saturated carbocycles. The molecule has 0 aliphatic heterocycles. The van der Waals surface area contributed by atoms with Crippen molar-refractivity contribution in [3.8, 4) is 11.3 Å². The lowest BCUT2D eigenvalue weighted by Gasteiger charge is -2.20. The minimum absolute atomic E-state index is 0.0459. The standard InChI is InChI=1S/C17H22N2S/c1-10-7-8-13(9-11(10)2)14-12(3)15(20)19-16(18-14)17(4,5)6/h7-9H,1-6H3,(H,18,19,20). The van der Waals surface area contributed by atoms with Gasteiger partial charge in [-0.05, 0) is 43.5 Å². The Bertz CT molecular complexity index is 706. The molecule has 0 unspecified atom stereocenters. The summed E-state index contributed by atoms with van der Waals surface area (Å²) in [6.45, 7) is 12.7. The third-order valence-electron chi connectivity index (χ3n) is 3.66. The molecule has 0 spiro atoms. The predicted molar refractivity (Wildman–Crippen MR) is 87.8 cm³/mol. The van der Waals surface area contributed by atoms with E-state index in [-0.39, 0.29) is 5.41 Å². The van der Waals surface area contributed by atoms with Crippen molar-refractivity contribution in [1.82, 2.24) is 9.97 Å². The van der Waals surface area contributed by atoms with Gasteiger partial charge in [0, 0.05) is 11.0 Å². The molecule has 0 amide bonds. The number of aromatic nitrogens is 2. The number of aryl methyl sites for hydroxylation is 2. The number of hydrogen-bond donors (Lipinski definition) is 1. The first-order valence-corrected chi connectivity index (χ1v) is 7.30. The number of benzene rings is 1. The highest BCUT2D eigenvalue weighted by atomic mass is 32.1. The van der Waals surface area contributed by atoms with E-state index in [9.17, 15) is 0 Å². The summed E-state index contributed by atoms with van der Waals surface area (Å²) in [4.78, 5) is 8.01.